The number of rotatable bonds is 3. The summed E-state index contributed by atoms with van der Waals surface area (Å²) in [5.41, 5.74) is 0.230. The monoisotopic (exact) mass is 411 g/mol. The van der Waals surface area contributed by atoms with Gasteiger partial charge in [0.2, 0.25) is 0 Å². The van der Waals surface area contributed by atoms with Crippen molar-refractivity contribution in [2.75, 3.05) is 13.6 Å². The second-order valence-corrected chi connectivity index (χ2v) is 9.75. The van der Waals surface area contributed by atoms with Crippen LogP contribution in [0, 0.1) is 17.8 Å². The van der Waals surface area contributed by atoms with Crippen molar-refractivity contribution in [1.82, 2.24) is 5.32 Å². The first kappa shape index (κ1) is 19.2. The molecule has 1 aliphatic heterocycles. The fourth-order valence-electron chi connectivity index (χ4n) is 7.04. The lowest BCUT2D eigenvalue weighted by atomic mass is 9.51. The first-order chi connectivity index (χ1) is 13.5. The zero-order valence-corrected chi connectivity index (χ0v) is 16.3. The molecule has 4 unspecified atom stereocenters. The van der Waals surface area contributed by atoms with Crippen molar-refractivity contribution in [3.05, 3.63) is 29.8 Å². The fraction of sp³-hybridized carbons (Fsp3) is 0.667. The summed E-state index contributed by atoms with van der Waals surface area (Å²) in [6.45, 7) is 0.569. The van der Waals surface area contributed by atoms with Gasteiger partial charge in [-0.3, -0.25) is 5.32 Å². The average Bonchev–Trinajstić information content (AvgIpc) is 2.88. The Labute approximate surface area is 167 Å². The molecule has 4 saturated carbocycles. The van der Waals surface area contributed by atoms with Gasteiger partial charge in [0, 0.05) is 11.8 Å². The highest BCUT2D eigenvalue weighted by Gasteiger charge is 2.63. The number of carbonyl (C=O) groups excluding carboxylic acids is 1. The molecule has 1 aromatic carbocycles. The number of benzene rings is 1. The van der Waals surface area contributed by atoms with Gasteiger partial charge in [-0.15, -0.1) is 13.2 Å². The van der Waals surface area contributed by atoms with Crippen molar-refractivity contribution in [2.24, 2.45) is 17.8 Å². The first-order valence-electron chi connectivity index (χ1n) is 10.3. The van der Waals surface area contributed by atoms with Gasteiger partial charge in [0.05, 0.1) is 12.6 Å². The molecule has 4 atom stereocenters. The number of carbonyl (C=O) groups is 1. The molecule has 8 heteroatoms. The Morgan fingerprint density at radius 1 is 1.14 bits per heavy atom. The van der Waals surface area contributed by atoms with E-state index in [0.717, 1.165) is 37.7 Å². The smallest absolute Gasteiger partial charge is 0.406 e. The predicted molar refractivity (Wildman–Crippen MR) is 97.7 cm³/mol. The van der Waals surface area contributed by atoms with Gasteiger partial charge in [-0.2, -0.15) is 0 Å². The minimum absolute atomic E-state index is 0.0323. The number of hydrogen-bond acceptors (Lipinski definition) is 3. The molecule has 5 fully saturated rings. The number of halogens is 3. The van der Waals surface area contributed by atoms with E-state index in [1.807, 2.05) is 7.05 Å². The molecule has 2 amide bonds. The molecule has 158 valence electrons. The maximum absolute atomic E-state index is 13.1. The summed E-state index contributed by atoms with van der Waals surface area (Å²) in [4.78, 5) is 13.1. The first-order valence-corrected chi connectivity index (χ1v) is 10.3. The average molecular weight is 411 g/mol. The number of alkyl halides is 3. The van der Waals surface area contributed by atoms with Crippen LogP contribution in [0.25, 0.3) is 0 Å². The third-order valence-corrected chi connectivity index (χ3v) is 7.69. The summed E-state index contributed by atoms with van der Waals surface area (Å²) >= 11 is 0. The number of aliphatic hydroxyl groups is 1. The normalized spacial score (nSPS) is 43.5. The molecule has 5 nitrogen and oxygen atoms in total. The highest BCUT2D eigenvalue weighted by molar-refractivity contribution is 5.70. The van der Waals surface area contributed by atoms with Crippen molar-refractivity contribution in [1.29, 1.82) is 0 Å². The second kappa shape index (κ2) is 6.11. The largest absolute Gasteiger partial charge is 0.573 e. The van der Waals surface area contributed by atoms with Gasteiger partial charge in [-0.05, 0) is 55.7 Å². The number of nitrogens with zero attached hydrogens (tertiary/aromatic N) is 1. The summed E-state index contributed by atoms with van der Waals surface area (Å²) in [5, 5.41) is 13.9. The number of likely N-dealkylation sites (N-methyl/N-ethyl adjacent to an activating group) is 1. The number of ether oxygens (including phenoxy) is 1. The van der Waals surface area contributed by atoms with Gasteiger partial charge in [-0.1, -0.05) is 12.1 Å². The Bertz CT molecular complexity index is 811. The van der Waals surface area contributed by atoms with Crippen molar-refractivity contribution in [2.45, 2.75) is 56.2 Å². The van der Waals surface area contributed by atoms with E-state index in [1.165, 1.54) is 12.1 Å². The highest BCUT2D eigenvalue weighted by atomic mass is 19.4. The molecule has 1 heterocycles. The molecule has 0 radical (unpaired) electrons. The van der Waals surface area contributed by atoms with Gasteiger partial charge in [0.15, 0.2) is 0 Å². The number of nitrogens with one attached hydrogen (secondary N) is 1. The van der Waals surface area contributed by atoms with E-state index in [2.05, 4.69) is 10.1 Å². The van der Waals surface area contributed by atoms with Crippen LogP contribution >= 0.6 is 0 Å². The Hall–Kier alpha value is -1.80. The van der Waals surface area contributed by atoms with Crippen molar-refractivity contribution < 1.29 is 32.3 Å². The molecule has 0 spiro atoms. The van der Waals surface area contributed by atoms with Crippen LogP contribution in [-0.2, 0) is 0 Å². The van der Waals surface area contributed by atoms with Gasteiger partial charge < -0.3 is 9.84 Å². The van der Waals surface area contributed by atoms with Crippen LogP contribution in [0.1, 0.15) is 43.7 Å². The van der Waals surface area contributed by atoms with Crippen LogP contribution in [-0.4, -0.2) is 47.2 Å². The van der Waals surface area contributed by atoms with Crippen molar-refractivity contribution in [3.63, 3.8) is 0 Å². The lowest BCUT2D eigenvalue weighted by molar-refractivity contribution is -0.861. The topological polar surface area (TPSA) is 58.6 Å². The Balaban J connectivity index is 1.35. The van der Waals surface area contributed by atoms with Gasteiger partial charge in [-0.25, -0.2) is 9.28 Å². The van der Waals surface area contributed by atoms with Gasteiger partial charge in [0.25, 0.3) is 0 Å². The van der Waals surface area contributed by atoms with E-state index >= 15 is 0 Å². The molecule has 4 bridgehead atoms. The summed E-state index contributed by atoms with van der Waals surface area (Å²) in [7, 11) is 1.98. The molecule has 6 rings (SSSR count). The fourth-order valence-corrected chi connectivity index (χ4v) is 7.04. The minimum Gasteiger partial charge on any atom is -0.406 e. The van der Waals surface area contributed by atoms with Crippen LogP contribution in [0.2, 0.25) is 0 Å². The van der Waals surface area contributed by atoms with Crippen molar-refractivity contribution >= 4 is 6.03 Å². The predicted octanol–water partition coefficient (Wildman–Crippen LogP) is 3.74. The molecule has 5 aliphatic rings. The minimum atomic E-state index is -4.72. The van der Waals surface area contributed by atoms with E-state index in [0.29, 0.717) is 28.8 Å². The molecule has 4 aliphatic carbocycles. The van der Waals surface area contributed by atoms with E-state index in [9.17, 15) is 23.1 Å². The van der Waals surface area contributed by atoms with E-state index in [1.54, 1.807) is 12.1 Å². The Morgan fingerprint density at radius 2 is 1.76 bits per heavy atom. The standard InChI is InChI=1S/C21H25F3N2O3/c1-26(18-14-6-12-7-15(18)10-20(28,8-12)9-14)11-17(25-19(26)27)13-2-4-16(5-3-13)29-21(22,23)24/h2-5,12,14-15,17-18,28H,6-11H2,1H3/p+1. The number of quaternary nitrogens is 1. The second-order valence-electron chi connectivity index (χ2n) is 9.75. The summed E-state index contributed by atoms with van der Waals surface area (Å²) in [6, 6.07) is 5.67. The van der Waals surface area contributed by atoms with E-state index in [4.69, 9.17) is 0 Å². The summed E-state index contributed by atoms with van der Waals surface area (Å²) < 4.78 is 41.3. The van der Waals surface area contributed by atoms with Crippen LogP contribution in [0.15, 0.2) is 24.3 Å². The zero-order valence-electron chi connectivity index (χ0n) is 16.3. The summed E-state index contributed by atoms with van der Waals surface area (Å²) in [6.07, 6.45) is -0.100. The molecule has 1 saturated heterocycles. The third-order valence-electron chi connectivity index (χ3n) is 7.69. The van der Waals surface area contributed by atoms with Gasteiger partial charge in [0.1, 0.15) is 24.4 Å². The number of amides is 2. The Kier molecular flexibility index (Phi) is 4.04. The van der Waals surface area contributed by atoms with Crippen LogP contribution in [0.4, 0.5) is 18.0 Å². The molecule has 1 aromatic rings. The quantitative estimate of drug-likeness (QED) is 0.745. The van der Waals surface area contributed by atoms with Crippen LogP contribution in [0.3, 0.4) is 0 Å². The van der Waals surface area contributed by atoms with E-state index in [-0.39, 0.29) is 23.9 Å². The molecule has 29 heavy (non-hydrogen) atoms. The molecule has 2 N–H and O–H groups in total. The maximum atomic E-state index is 13.1. The van der Waals surface area contributed by atoms with E-state index < -0.39 is 12.0 Å². The molecular formula is C21H26F3N2O3+. The third kappa shape index (κ3) is 3.20. The molecular weight excluding hydrogens is 385 g/mol. The van der Waals surface area contributed by atoms with Crippen LogP contribution in [0.5, 0.6) is 5.75 Å². The zero-order chi connectivity index (χ0) is 20.6. The highest BCUT2D eigenvalue weighted by Crippen LogP contribution is 2.58. The Morgan fingerprint density at radius 3 is 2.31 bits per heavy atom. The maximum Gasteiger partial charge on any atom is 0.573 e. The summed E-state index contributed by atoms with van der Waals surface area (Å²) in [5.74, 6) is 1.01. The number of urea groups is 1. The van der Waals surface area contributed by atoms with Gasteiger partial charge >= 0.3 is 12.4 Å². The number of hydrogen-bond donors (Lipinski definition) is 2. The lowest BCUT2D eigenvalue weighted by Crippen LogP contribution is -2.68. The lowest BCUT2D eigenvalue weighted by Gasteiger charge is -2.59. The van der Waals surface area contributed by atoms with Crippen LogP contribution < -0.4 is 10.1 Å². The molecule has 0 aromatic heterocycles. The van der Waals surface area contributed by atoms with Crippen molar-refractivity contribution in [3.8, 4) is 5.75 Å². The SMILES string of the molecule is C[N+]1(C2C3CC4CC2CC(O)(C4)C3)CC(c2ccc(OC(F)(F)F)cc2)NC1=O.